The van der Waals surface area contributed by atoms with Crippen LogP contribution in [0.2, 0.25) is 0 Å². The highest BCUT2D eigenvalue weighted by atomic mass is 32.2. The van der Waals surface area contributed by atoms with Crippen LogP contribution < -0.4 is 0 Å². The molecule has 1 aliphatic rings. The molecule has 0 aromatic heterocycles. The van der Waals surface area contributed by atoms with E-state index in [4.69, 9.17) is 9.47 Å². The molecule has 6 nitrogen and oxygen atoms in total. The van der Waals surface area contributed by atoms with Crippen molar-refractivity contribution in [3.05, 3.63) is 0 Å². The molecule has 0 bridgehead atoms. The molecular weight excluding hydrogens is 224 g/mol. The molecule has 0 radical (unpaired) electrons. The van der Waals surface area contributed by atoms with Crippen molar-refractivity contribution in [2.45, 2.75) is 26.1 Å². The molecule has 0 amide bonds. The third-order valence-electron chi connectivity index (χ3n) is 1.89. The lowest BCUT2D eigenvalue weighted by Crippen LogP contribution is -2.32. The molecule has 1 aliphatic heterocycles. The van der Waals surface area contributed by atoms with E-state index in [0.717, 1.165) is 0 Å². The van der Waals surface area contributed by atoms with Gasteiger partial charge in [0.1, 0.15) is 0 Å². The number of sulfone groups is 1. The van der Waals surface area contributed by atoms with E-state index in [1.165, 1.54) is 13.8 Å². The molecule has 0 spiro atoms. The van der Waals surface area contributed by atoms with Crippen molar-refractivity contribution >= 4 is 21.8 Å². The maximum atomic E-state index is 11.2. The molecular formula is C8H12O6S. The summed E-state index contributed by atoms with van der Waals surface area (Å²) >= 11 is 0. The lowest BCUT2D eigenvalue weighted by atomic mass is 10.2. The number of carbonyl (C=O) groups is 2. The molecule has 1 saturated heterocycles. The molecule has 0 unspecified atom stereocenters. The Balaban J connectivity index is 2.74. The van der Waals surface area contributed by atoms with Gasteiger partial charge in [0.25, 0.3) is 0 Å². The normalized spacial score (nSPS) is 28.4. The molecule has 86 valence electrons. The van der Waals surface area contributed by atoms with E-state index in [9.17, 15) is 18.0 Å². The zero-order valence-electron chi connectivity index (χ0n) is 8.43. The van der Waals surface area contributed by atoms with Gasteiger partial charge in [0, 0.05) is 13.8 Å². The Morgan fingerprint density at radius 3 is 1.60 bits per heavy atom. The maximum Gasteiger partial charge on any atom is 0.303 e. The molecule has 1 rings (SSSR count). The first kappa shape index (κ1) is 12.0. The first-order valence-corrected chi connectivity index (χ1v) is 6.17. The van der Waals surface area contributed by atoms with E-state index in [2.05, 4.69) is 0 Å². The number of rotatable bonds is 2. The van der Waals surface area contributed by atoms with Crippen molar-refractivity contribution in [1.82, 2.24) is 0 Å². The smallest absolute Gasteiger partial charge is 0.303 e. The summed E-state index contributed by atoms with van der Waals surface area (Å²) in [5.41, 5.74) is 0. The fourth-order valence-corrected chi connectivity index (χ4v) is 3.13. The topological polar surface area (TPSA) is 86.7 Å². The molecule has 2 atom stereocenters. The summed E-state index contributed by atoms with van der Waals surface area (Å²) in [6.45, 7) is 2.35. The third-order valence-corrected chi connectivity index (χ3v) is 3.56. The lowest BCUT2D eigenvalue weighted by Gasteiger charge is -2.17. The van der Waals surface area contributed by atoms with Crippen molar-refractivity contribution in [1.29, 1.82) is 0 Å². The van der Waals surface area contributed by atoms with Crippen molar-refractivity contribution in [3.63, 3.8) is 0 Å². The molecule has 0 N–H and O–H groups in total. The summed E-state index contributed by atoms with van der Waals surface area (Å²) in [5, 5.41) is 0. The molecule has 1 fully saturated rings. The first-order valence-electron chi connectivity index (χ1n) is 4.35. The Morgan fingerprint density at radius 1 is 1.00 bits per heavy atom. The summed E-state index contributed by atoms with van der Waals surface area (Å²) in [5.74, 6) is -1.75. The number of hydrogen-bond acceptors (Lipinski definition) is 6. The van der Waals surface area contributed by atoms with Gasteiger partial charge in [-0.15, -0.1) is 0 Å². The molecule has 0 saturated carbocycles. The van der Waals surface area contributed by atoms with E-state index in [-0.39, 0.29) is 11.5 Å². The molecule has 0 aliphatic carbocycles. The van der Waals surface area contributed by atoms with Gasteiger partial charge >= 0.3 is 11.9 Å². The van der Waals surface area contributed by atoms with E-state index in [0.29, 0.717) is 0 Å². The fraction of sp³-hybridized carbons (Fsp3) is 0.750. The van der Waals surface area contributed by atoms with Crippen LogP contribution in [0.4, 0.5) is 0 Å². The highest BCUT2D eigenvalue weighted by Crippen LogP contribution is 2.19. The van der Waals surface area contributed by atoms with Gasteiger partial charge in [-0.2, -0.15) is 0 Å². The third kappa shape index (κ3) is 3.50. The Bertz CT molecular complexity index is 341. The predicted octanol–water partition coefficient (Wildman–Crippen LogP) is -0.722. The minimum absolute atomic E-state index is 0.287. The van der Waals surface area contributed by atoms with Crippen molar-refractivity contribution < 1.29 is 27.5 Å². The molecule has 0 aromatic rings. The van der Waals surface area contributed by atoms with Crippen LogP contribution in [-0.2, 0) is 28.9 Å². The Hall–Kier alpha value is -1.11. The number of ether oxygens (including phenoxy) is 2. The quantitative estimate of drug-likeness (QED) is 0.588. The zero-order valence-corrected chi connectivity index (χ0v) is 9.24. The average molecular weight is 236 g/mol. The second kappa shape index (κ2) is 4.18. The number of esters is 2. The molecule has 1 heterocycles. The van der Waals surface area contributed by atoms with Gasteiger partial charge in [-0.25, -0.2) is 8.42 Å². The minimum atomic E-state index is -3.29. The second-order valence-electron chi connectivity index (χ2n) is 3.37. The van der Waals surface area contributed by atoms with Gasteiger partial charge in [0.2, 0.25) is 0 Å². The van der Waals surface area contributed by atoms with E-state index < -0.39 is 34.0 Å². The van der Waals surface area contributed by atoms with E-state index >= 15 is 0 Å². The van der Waals surface area contributed by atoms with Gasteiger partial charge < -0.3 is 9.47 Å². The molecule has 0 aromatic carbocycles. The summed E-state index contributed by atoms with van der Waals surface area (Å²) in [4.78, 5) is 21.4. The fourth-order valence-electron chi connectivity index (χ4n) is 1.43. The largest absolute Gasteiger partial charge is 0.457 e. The SMILES string of the molecule is CC(=O)O[C@H]1CS(=O)(=O)C[C@H]1OC(C)=O. The zero-order chi connectivity index (χ0) is 11.6. The van der Waals surface area contributed by atoms with Crippen molar-refractivity contribution in [3.8, 4) is 0 Å². The van der Waals surface area contributed by atoms with Crippen LogP contribution in [0.1, 0.15) is 13.8 Å². The molecule has 15 heavy (non-hydrogen) atoms. The predicted molar refractivity (Wildman–Crippen MR) is 49.8 cm³/mol. The second-order valence-corrected chi connectivity index (χ2v) is 5.53. The maximum absolute atomic E-state index is 11.2. The van der Waals surface area contributed by atoms with Crippen molar-refractivity contribution in [2.24, 2.45) is 0 Å². The summed E-state index contributed by atoms with van der Waals surface area (Å²) in [6.07, 6.45) is -1.76. The average Bonchev–Trinajstić information content (AvgIpc) is 2.22. The minimum Gasteiger partial charge on any atom is -0.457 e. The van der Waals surface area contributed by atoms with Gasteiger partial charge in [-0.1, -0.05) is 0 Å². The van der Waals surface area contributed by atoms with Gasteiger partial charge in [0.15, 0.2) is 22.0 Å². The van der Waals surface area contributed by atoms with Gasteiger partial charge in [-0.3, -0.25) is 9.59 Å². The van der Waals surface area contributed by atoms with Crippen LogP contribution in [0.5, 0.6) is 0 Å². The summed E-state index contributed by atoms with van der Waals surface area (Å²) < 4.78 is 32.0. The standard InChI is InChI=1S/C8H12O6S/c1-5(9)13-7-3-15(11,12)4-8(7)14-6(2)10/h7-8H,3-4H2,1-2H3/t7-,8+. The van der Waals surface area contributed by atoms with E-state index in [1.54, 1.807) is 0 Å². The summed E-state index contributed by atoms with van der Waals surface area (Å²) in [7, 11) is -3.29. The van der Waals surface area contributed by atoms with Gasteiger partial charge in [0.05, 0.1) is 11.5 Å². The van der Waals surface area contributed by atoms with Crippen LogP contribution in [0.25, 0.3) is 0 Å². The van der Waals surface area contributed by atoms with Crippen molar-refractivity contribution in [2.75, 3.05) is 11.5 Å². The van der Waals surface area contributed by atoms with Crippen LogP contribution in [-0.4, -0.2) is 44.1 Å². The van der Waals surface area contributed by atoms with Crippen LogP contribution >= 0.6 is 0 Å². The first-order chi connectivity index (χ1) is 6.80. The van der Waals surface area contributed by atoms with Gasteiger partial charge in [-0.05, 0) is 0 Å². The van der Waals surface area contributed by atoms with Crippen LogP contribution in [0.3, 0.4) is 0 Å². The Kier molecular flexibility index (Phi) is 3.33. The summed E-state index contributed by atoms with van der Waals surface area (Å²) in [6, 6.07) is 0. The monoisotopic (exact) mass is 236 g/mol. The van der Waals surface area contributed by atoms with Crippen LogP contribution in [0.15, 0.2) is 0 Å². The molecule has 7 heteroatoms. The Morgan fingerprint density at radius 2 is 1.33 bits per heavy atom. The highest BCUT2D eigenvalue weighted by Gasteiger charge is 2.42. The number of hydrogen-bond donors (Lipinski definition) is 0. The number of carbonyl (C=O) groups excluding carboxylic acids is 2. The highest BCUT2D eigenvalue weighted by molar-refractivity contribution is 7.91. The lowest BCUT2D eigenvalue weighted by molar-refractivity contribution is -0.160. The van der Waals surface area contributed by atoms with E-state index in [1.807, 2.05) is 0 Å². The Labute approximate surface area is 87.5 Å². The van der Waals surface area contributed by atoms with Crippen LogP contribution in [0, 0.1) is 0 Å².